The van der Waals surface area contributed by atoms with Crippen molar-refractivity contribution in [2.24, 2.45) is 34.5 Å². The molecule has 0 unspecified atom stereocenters. The highest BCUT2D eigenvalue weighted by atomic mass is 79.9. The van der Waals surface area contributed by atoms with Crippen LogP contribution in [0.4, 0.5) is 0 Å². The fourth-order valence-electron chi connectivity index (χ4n) is 6.66. The molecule has 0 aromatic heterocycles. The number of allylic oxidation sites excluding steroid dienone is 2. The van der Waals surface area contributed by atoms with Crippen molar-refractivity contribution >= 4 is 21.7 Å². The molecule has 1 N–H and O–H groups in total. The van der Waals surface area contributed by atoms with Gasteiger partial charge in [-0.25, -0.2) is 0 Å². The van der Waals surface area contributed by atoms with Gasteiger partial charge in [0.2, 0.25) is 0 Å². The Labute approximate surface area is 141 Å². The summed E-state index contributed by atoms with van der Waals surface area (Å²) in [5, 5.41) is 10.5. The maximum absolute atomic E-state index is 12.1. The van der Waals surface area contributed by atoms with E-state index in [-0.39, 0.29) is 22.7 Å². The summed E-state index contributed by atoms with van der Waals surface area (Å²) in [4.78, 5) is 12.1. The van der Waals surface area contributed by atoms with Crippen LogP contribution >= 0.6 is 15.9 Å². The minimum absolute atomic E-state index is 0.0980. The highest BCUT2D eigenvalue weighted by Crippen LogP contribution is 2.65. The van der Waals surface area contributed by atoms with Crippen LogP contribution in [0.25, 0.3) is 0 Å². The normalized spacial score (nSPS) is 54.3. The predicted molar refractivity (Wildman–Crippen MR) is 90.5 cm³/mol. The number of fused-ring (bicyclic) bond motifs is 5. The van der Waals surface area contributed by atoms with Gasteiger partial charge >= 0.3 is 0 Å². The van der Waals surface area contributed by atoms with Crippen LogP contribution in [0.15, 0.2) is 10.6 Å². The number of carbonyl (C=O) groups is 1. The zero-order chi connectivity index (χ0) is 15.7. The van der Waals surface area contributed by atoms with Crippen LogP contribution in [0.3, 0.4) is 0 Å². The molecule has 0 spiro atoms. The van der Waals surface area contributed by atoms with Crippen molar-refractivity contribution in [2.45, 2.75) is 64.9 Å². The lowest BCUT2D eigenvalue weighted by atomic mass is 9.46. The maximum atomic E-state index is 12.1. The van der Waals surface area contributed by atoms with Gasteiger partial charge in [-0.05, 0) is 89.0 Å². The van der Waals surface area contributed by atoms with Crippen molar-refractivity contribution in [1.29, 1.82) is 0 Å². The number of halogens is 1. The van der Waals surface area contributed by atoms with E-state index in [2.05, 4.69) is 35.9 Å². The average Bonchev–Trinajstić information content (AvgIpc) is 2.77. The van der Waals surface area contributed by atoms with E-state index in [1.54, 1.807) is 0 Å². The highest BCUT2D eigenvalue weighted by Gasteiger charge is 2.59. The van der Waals surface area contributed by atoms with Crippen molar-refractivity contribution in [1.82, 2.24) is 0 Å². The molecule has 0 heterocycles. The van der Waals surface area contributed by atoms with Gasteiger partial charge in [0, 0.05) is 6.42 Å². The fourth-order valence-corrected chi connectivity index (χ4v) is 7.32. The lowest BCUT2D eigenvalue weighted by Crippen LogP contribution is -2.53. The lowest BCUT2D eigenvalue weighted by molar-refractivity contribution is -0.124. The van der Waals surface area contributed by atoms with Gasteiger partial charge < -0.3 is 5.11 Å². The second kappa shape index (κ2) is 4.92. The molecule has 22 heavy (non-hydrogen) atoms. The van der Waals surface area contributed by atoms with E-state index in [1.807, 2.05) is 0 Å². The van der Waals surface area contributed by atoms with E-state index in [0.29, 0.717) is 17.8 Å². The molecule has 4 rings (SSSR count). The summed E-state index contributed by atoms with van der Waals surface area (Å²) < 4.78 is 0.812. The third-order valence-corrected chi connectivity index (χ3v) is 8.72. The zero-order valence-electron chi connectivity index (χ0n) is 13.6. The van der Waals surface area contributed by atoms with Crippen molar-refractivity contribution < 1.29 is 9.90 Å². The monoisotopic (exact) mass is 366 g/mol. The Morgan fingerprint density at radius 2 is 1.91 bits per heavy atom. The second-order valence-electron chi connectivity index (χ2n) is 8.77. The second-order valence-corrected chi connectivity index (χ2v) is 9.63. The molecule has 122 valence electrons. The van der Waals surface area contributed by atoms with Crippen LogP contribution in [-0.2, 0) is 4.79 Å². The van der Waals surface area contributed by atoms with E-state index >= 15 is 0 Å². The van der Waals surface area contributed by atoms with Gasteiger partial charge in [-0.3, -0.25) is 4.79 Å². The summed E-state index contributed by atoms with van der Waals surface area (Å²) in [5.74, 6) is 2.93. The first-order valence-corrected chi connectivity index (χ1v) is 9.75. The molecule has 0 aromatic rings. The Bertz CT molecular complexity index is 542. The molecule has 0 radical (unpaired) electrons. The number of hydrogen-bond donors (Lipinski definition) is 1. The molecular weight excluding hydrogens is 340 g/mol. The van der Waals surface area contributed by atoms with Gasteiger partial charge in [0.05, 0.1) is 10.6 Å². The third kappa shape index (κ3) is 1.90. The molecule has 2 nitrogen and oxygen atoms in total. The zero-order valence-corrected chi connectivity index (χ0v) is 15.2. The first-order valence-electron chi connectivity index (χ1n) is 8.96. The number of carbonyl (C=O) groups excluding carboxylic acids is 1. The smallest absolute Gasteiger partial charge is 0.169 e. The Balaban J connectivity index is 1.70. The van der Waals surface area contributed by atoms with Crippen molar-refractivity contribution in [3.8, 4) is 0 Å². The molecular formula is C19H27BrO2. The quantitative estimate of drug-likeness (QED) is 0.687. The SMILES string of the molecule is C[C@]12C=C(Br)C(=O)C[C@@H]1CC[C@@H]1[C@@H]2CC[C@]2(C)[C@@H](O)CC[C@@H]12. The van der Waals surface area contributed by atoms with E-state index in [9.17, 15) is 9.90 Å². The Hall–Kier alpha value is -0.150. The Morgan fingerprint density at radius 1 is 1.14 bits per heavy atom. The minimum atomic E-state index is -0.0980. The first-order chi connectivity index (χ1) is 10.4. The number of Topliss-reactive ketones (excluding diaryl/α,β-unsaturated/α-hetero) is 1. The summed E-state index contributed by atoms with van der Waals surface area (Å²) in [7, 11) is 0. The molecule has 0 bridgehead atoms. The molecule has 7 atom stereocenters. The fraction of sp³-hybridized carbons (Fsp3) is 0.842. The van der Waals surface area contributed by atoms with Crippen LogP contribution in [0, 0.1) is 34.5 Å². The van der Waals surface area contributed by atoms with E-state index in [4.69, 9.17) is 0 Å². The van der Waals surface area contributed by atoms with Crippen LogP contribution < -0.4 is 0 Å². The van der Waals surface area contributed by atoms with Crippen LogP contribution in [0.1, 0.15) is 58.8 Å². The van der Waals surface area contributed by atoms with Crippen LogP contribution in [0.2, 0.25) is 0 Å². The van der Waals surface area contributed by atoms with E-state index in [1.165, 1.54) is 25.7 Å². The van der Waals surface area contributed by atoms with E-state index in [0.717, 1.165) is 29.7 Å². The molecule has 0 saturated heterocycles. The van der Waals surface area contributed by atoms with Gasteiger partial charge in [-0.1, -0.05) is 19.9 Å². The minimum Gasteiger partial charge on any atom is -0.393 e. The van der Waals surface area contributed by atoms with E-state index < -0.39 is 0 Å². The summed E-state index contributed by atoms with van der Waals surface area (Å²) in [6.07, 6.45) is 9.88. The molecule has 0 aliphatic heterocycles. The van der Waals surface area contributed by atoms with Crippen LogP contribution in [-0.4, -0.2) is 17.0 Å². The third-order valence-electron chi connectivity index (χ3n) is 8.05. The number of rotatable bonds is 0. The first kappa shape index (κ1) is 15.4. The topological polar surface area (TPSA) is 37.3 Å². The molecule has 3 heteroatoms. The Kier molecular flexibility index (Phi) is 3.44. The van der Waals surface area contributed by atoms with Gasteiger partial charge in [0.15, 0.2) is 5.78 Å². The van der Waals surface area contributed by atoms with Gasteiger partial charge in [-0.15, -0.1) is 0 Å². The molecule has 0 amide bonds. The number of aliphatic hydroxyl groups excluding tert-OH is 1. The van der Waals surface area contributed by atoms with Crippen molar-refractivity contribution in [2.75, 3.05) is 0 Å². The number of aliphatic hydroxyl groups is 1. The van der Waals surface area contributed by atoms with Crippen molar-refractivity contribution in [3.05, 3.63) is 10.6 Å². The van der Waals surface area contributed by atoms with Gasteiger partial charge in [0.1, 0.15) is 0 Å². The largest absolute Gasteiger partial charge is 0.393 e. The molecule has 0 aromatic carbocycles. The van der Waals surface area contributed by atoms with Crippen LogP contribution in [0.5, 0.6) is 0 Å². The standard InChI is InChI=1S/C19H27BrO2/c1-18-8-7-14-12(13(18)5-6-17(18)22)4-3-11-9-16(21)15(20)10-19(11,14)2/h10-14,17,22H,3-9H2,1-2H3/t11-,12-,13-,14-,17-,18-,19-/m0/s1. The van der Waals surface area contributed by atoms with Gasteiger partial charge in [0.25, 0.3) is 0 Å². The summed E-state index contributed by atoms with van der Waals surface area (Å²) in [6.45, 7) is 4.73. The number of hydrogen-bond acceptors (Lipinski definition) is 2. The highest BCUT2D eigenvalue weighted by molar-refractivity contribution is 9.12. The predicted octanol–water partition coefficient (Wildman–Crippen LogP) is 4.46. The van der Waals surface area contributed by atoms with Crippen molar-refractivity contribution in [3.63, 3.8) is 0 Å². The molecule has 3 fully saturated rings. The summed E-state index contributed by atoms with van der Waals surface area (Å²) in [6, 6.07) is 0. The summed E-state index contributed by atoms with van der Waals surface area (Å²) >= 11 is 3.52. The number of ketones is 1. The van der Waals surface area contributed by atoms with Gasteiger partial charge in [-0.2, -0.15) is 0 Å². The average molecular weight is 367 g/mol. The summed E-state index contributed by atoms with van der Waals surface area (Å²) in [5.41, 5.74) is 0.320. The lowest BCUT2D eigenvalue weighted by Gasteiger charge is -2.58. The Morgan fingerprint density at radius 3 is 2.68 bits per heavy atom. The maximum Gasteiger partial charge on any atom is 0.169 e. The molecule has 4 aliphatic rings. The molecule has 4 aliphatic carbocycles. The molecule has 3 saturated carbocycles.